The number of fused-ring (bicyclic) bond motifs is 2. The molecule has 2 nitrogen and oxygen atoms in total. The lowest BCUT2D eigenvalue weighted by Crippen LogP contribution is -2.45. The van der Waals surface area contributed by atoms with Crippen molar-refractivity contribution in [3.05, 3.63) is 71.8 Å². The predicted octanol–water partition coefficient (Wildman–Crippen LogP) is 4.75. The molecule has 0 spiro atoms. The molecule has 0 amide bonds. The molecule has 0 unspecified atom stereocenters. The van der Waals surface area contributed by atoms with Crippen LogP contribution in [0.4, 0.5) is 0 Å². The largest absolute Gasteiger partial charge is 0.360 e. The van der Waals surface area contributed by atoms with Gasteiger partial charge in [0.2, 0.25) is 0 Å². The van der Waals surface area contributed by atoms with Crippen molar-refractivity contribution < 1.29 is 0 Å². The minimum atomic E-state index is 0.584. The van der Waals surface area contributed by atoms with Gasteiger partial charge >= 0.3 is 0 Å². The number of nitrogens with zero attached hydrogens (tertiary/aromatic N) is 1. The third-order valence-corrected chi connectivity index (χ3v) is 6.14. The van der Waals surface area contributed by atoms with Crippen LogP contribution in [0.2, 0.25) is 0 Å². The van der Waals surface area contributed by atoms with E-state index in [1.165, 1.54) is 36.8 Å². The number of rotatable bonds is 5. The Bertz CT molecular complexity index is 659. The average Bonchev–Trinajstić information content (AvgIpc) is 3.26. The fourth-order valence-corrected chi connectivity index (χ4v) is 4.76. The number of nitrogens with one attached hydrogen (secondary N) is 1. The first-order valence-corrected chi connectivity index (χ1v) is 9.82. The van der Waals surface area contributed by atoms with Crippen molar-refractivity contribution in [2.24, 2.45) is 11.8 Å². The van der Waals surface area contributed by atoms with E-state index in [-0.39, 0.29) is 0 Å². The molecule has 4 rings (SSSR count). The van der Waals surface area contributed by atoms with Crippen molar-refractivity contribution in [2.45, 2.75) is 44.8 Å². The van der Waals surface area contributed by atoms with E-state index in [4.69, 9.17) is 12.2 Å². The number of thiocarbonyl (C=S) groups is 1. The highest BCUT2D eigenvalue weighted by atomic mass is 32.1. The van der Waals surface area contributed by atoms with Gasteiger partial charge in [0.15, 0.2) is 5.11 Å². The van der Waals surface area contributed by atoms with Crippen LogP contribution in [0.15, 0.2) is 60.7 Å². The van der Waals surface area contributed by atoms with Gasteiger partial charge in [-0.1, -0.05) is 67.1 Å². The van der Waals surface area contributed by atoms with Crippen LogP contribution in [-0.4, -0.2) is 16.1 Å². The summed E-state index contributed by atoms with van der Waals surface area (Å²) in [6, 6.07) is 21.8. The Kier molecular flexibility index (Phi) is 5.02. The molecule has 0 aliphatic heterocycles. The maximum atomic E-state index is 5.84. The predicted molar refractivity (Wildman–Crippen MR) is 107 cm³/mol. The third kappa shape index (κ3) is 4.04. The molecular weight excluding hydrogens is 324 g/mol. The second-order valence-electron chi connectivity index (χ2n) is 7.56. The maximum Gasteiger partial charge on any atom is 0.169 e. The Hall–Kier alpha value is -1.87. The van der Waals surface area contributed by atoms with E-state index in [1.54, 1.807) is 0 Å². The van der Waals surface area contributed by atoms with Crippen molar-refractivity contribution in [1.82, 2.24) is 10.2 Å². The zero-order valence-corrected chi connectivity index (χ0v) is 15.4. The molecule has 3 atom stereocenters. The zero-order valence-electron chi connectivity index (χ0n) is 14.6. The molecule has 0 heterocycles. The normalized spacial score (nSPS) is 24.2. The summed E-state index contributed by atoms with van der Waals surface area (Å²) in [5.41, 5.74) is 2.60. The number of benzene rings is 2. The van der Waals surface area contributed by atoms with Gasteiger partial charge in [-0.15, -0.1) is 0 Å². The topological polar surface area (TPSA) is 15.3 Å². The van der Waals surface area contributed by atoms with E-state index in [0.717, 1.165) is 30.0 Å². The first kappa shape index (κ1) is 16.6. The molecule has 3 heteroatoms. The Morgan fingerprint density at radius 2 is 1.48 bits per heavy atom. The highest BCUT2D eigenvalue weighted by molar-refractivity contribution is 7.80. The fraction of sp³-hybridized carbons (Fsp3) is 0.409. The fourth-order valence-electron chi connectivity index (χ4n) is 4.48. The molecule has 0 radical (unpaired) electrons. The molecule has 0 aromatic heterocycles. The lowest BCUT2D eigenvalue weighted by Gasteiger charge is -2.31. The Labute approximate surface area is 156 Å². The maximum absolute atomic E-state index is 5.84. The molecule has 2 saturated carbocycles. The summed E-state index contributed by atoms with van der Waals surface area (Å²) in [5, 5.41) is 4.62. The van der Waals surface area contributed by atoms with Crippen molar-refractivity contribution in [1.29, 1.82) is 0 Å². The number of hydrogen-bond acceptors (Lipinski definition) is 1. The van der Waals surface area contributed by atoms with Crippen molar-refractivity contribution >= 4 is 17.3 Å². The molecule has 2 aliphatic carbocycles. The molecule has 1 N–H and O–H groups in total. The molecular formula is C22H26N2S. The van der Waals surface area contributed by atoms with Gasteiger partial charge in [-0.05, 0) is 54.4 Å². The zero-order chi connectivity index (χ0) is 17.1. The number of hydrogen-bond donors (Lipinski definition) is 1. The first-order valence-electron chi connectivity index (χ1n) is 9.41. The van der Waals surface area contributed by atoms with Crippen LogP contribution in [0.3, 0.4) is 0 Å². The van der Waals surface area contributed by atoms with E-state index >= 15 is 0 Å². The van der Waals surface area contributed by atoms with Crippen molar-refractivity contribution in [2.75, 3.05) is 0 Å². The van der Waals surface area contributed by atoms with Gasteiger partial charge < -0.3 is 10.2 Å². The Balaban J connectivity index is 1.46. The van der Waals surface area contributed by atoms with Gasteiger partial charge in [0.1, 0.15) is 0 Å². The summed E-state index contributed by atoms with van der Waals surface area (Å²) in [6.07, 6.45) is 5.50. The summed E-state index contributed by atoms with van der Waals surface area (Å²) in [6.45, 7) is 1.70. The highest BCUT2D eigenvalue weighted by Gasteiger charge is 2.40. The SMILES string of the molecule is S=C(N[C@H]1C[C@H]2CC[C@@H]1C2)N(Cc1ccccc1)Cc1ccccc1. The third-order valence-electron chi connectivity index (χ3n) is 5.77. The van der Waals surface area contributed by atoms with Gasteiger partial charge in [-0.25, -0.2) is 0 Å². The van der Waals surface area contributed by atoms with E-state index < -0.39 is 0 Å². The molecule has 2 aromatic carbocycles. The second kappa shape index (κ2) is 7.57. The summed E-state index contributed by atoms with van der Waals surface area (Å²) in [5.74, 6) is 1.76. The lowest BCUT2D eigenvalue weighted by atomic mass is 9.95. The van der Waals surface area contributed by atoms with Crippen LogP contribution in [0.25, 0.3) is 0 Å². The lowest BCUT2D eigenvalue weighted by molar-refractivity contribution is 0.351. The van der Waals surface area contributed by atoms with Crippen LogP contribution >= 0.6 is 12.2 Å². The van der Waals surface area contributed by atoms with Crippen LogP contribution in [-0.2, 0) is 13.1 Å². The van der Waals surface area contributed by atoms with E-state index in [9.17, 15) is 0 Å². The molecule has 130 valence electrons. The summed E-state index contributed by atoms with van der Waals surface area (Å²) in [4.78, 5) is 2.31. The van der Waals surface area contributed by atoms with Gasteiger partial charge in [-0.2, -0.15) is 0 Å². The van der Waals surface area contributed by atoms with Crippen LogP contribution in [0, 0.1) is 11.8 Å². The van der Waals surface area contributed by atoms with Crippen LogP contribution in [0.1, 0.15) is 36.8 Å². The second-order valence-corrected chi connectivity index (χ2v) is 7.94. The van der Waals surface area contributed by atoms with Gasteiger partial charge in [0.25, 0.3) is 0 Å². The van der Waals surface area contributed by atoms with Crippen LogP contribution < -0.4 is 5.32 Å². The molecule has 2 aliphatic rings. The Morgan fingerprint density at radius 3 is 1.96 bits per heavy atom. The molecule has 2 fully saturated rings. The smallest absolute Gasteiger partial charge is 0.169 e. The average molecular weight is 351 g/mol. The van der Waals surface area contributed by atoms with E-state index in [0.29, 0.717) is 6.04 Å². The van der Waals surface area contributed by atoms with Gasteiger partial charge in [0.05, 0.1) is 0 Å². The standard InChI is InChI=1S/C22H26N2S/c25-22(23-21-14-19-11-12-20(21)13-19)24(15-17-7-3-1-4-8-17)16-18-9-5-2-6-10-18/h1-10,19-21H,11-16H2,(H,23,25)/t19-,20+,21-/m0/s1. The monoisotopic (exact) mass is 350 g/mol. The van der Waals surface area contributed by atoms with E-state index in [2.05, 4.69) is 70.9 Å². The highest BCUT2D eigenvalue weighted by Crippen LogP contribution is 2.44. The summed E-state index contributed by atoms with van der Waals surface area (Å²) < 4.78 is 0. The quantitative estimate of drug-likeness (QED) is 0.783. The Morgan fingerprint density at radius 1 is 0.880 bits per heavy atom. The first-order chi connectivity index (χ1) is 12.3. The van der Waals surface area contributed by atoms with E-state index in [1.807, 2.05) is 0 Å². The van der Waals surface area contributed by atoms with Crippen molar-refractivity contribution in [3.8, 4) is 0 Å². The molecule has 0 saturated heterocycles. The molecule has 2 bridgehead atoms. The van der Waals surface area contributed by atoms with Gasteiger partial charge in [0, 0.05) is 19.1 Å². The molecule has 25 heavy (non-hydrogen) atoms. The van der Waals surface area contributed by atoms with Gasteiger partial charge in [-0.3, -0.25) is 0 Å². The summed E-state index contributed by atoms with van der Waals surface area (Å²) >= 11 is 5.84. The minimum absolute atomic E-state index is 0.584. The van der Waals surface area contributed by atoms with Crippen LogP contribution in [0.5, 0.6) is 0 Å². The molecule has 2 aromatic rings. The van der Waals surface area contributed by atoms with Crippen molar-refractivity contribution in [3.63, 3.8) is 0 Å². The summed E-state index contributed by atoms with van der Waals surface area (Å²) in [7, 11) is 0. The minimum Gasteiger partial charge on any atom is -0.360 e.